The van der Waals surface area contributed by atoms with Gasteiger partial charge in [0.15, 0.2) is 6.61 Å². The third kappa shape index (κ3) is 5.90. The molecule has 7 heteroatoms. The Bertz CT molecular complexity index is 845. The van der Waals surface area contributed by atoms with Crippen molar-refractivity contribution in [3.05, 3.63) is 65.0 Å². The van der Waals surface area contributed by atoms with Crippen LogP contribution in [0.4, 0.5) is 10.1 Å². The fourth-order valence-corrected chi connectivity index (χ4v) is 2.76. The van der Waals surface area contributed by atoms with E-state index in [1.54, 1.807) is 19.1 Å². The Morgan fingerprint density at radius 1 is 1.04 bits per heavy atom. The second-order valence-corrected chi connectivity index (χ2v) is 6.33. The first-order valence-electron chi connectivity index (χ1n) is 8.88. The number of hydrogen-bond acceptors (Lipinski definition) is 4. The number of esters is 1. The van der Waals surface area contributed by atoms with Crippen LogP contribution in [-0.2, 0) is 14.3 Å². The number of ether oxygens (including phenoxy) is 1. The van der Waals surface area contributed by atoms with Crippen LogP contribution in [0, 0.1) is 19.7 Å². The molecule has 6 nitrogen and oxygen atoms in total. The van der Waals surface area contributed by atoms with Crippen LogP contribution in [0.1, 0.15) is 28.4 Å². The summed E-state index contributed by atoms with van der Waals surface area (Å²) in [6, 6.07) is 10.8. The molecule has 2 aromatic carbocycles. The number of hydrogen-bond donors (Lipinski definition) is 1. The van der Waals surface area contributed by atoms with Gasteiger partial charge in [-0.25, -0.2) is 4.39 Å². The number of nitrogens with one attached hydrogen (secondary N) is 1. The molecule has 0 aliphatic carbocycles. The van der Waals surface area contributed by atoms with E-state index in [4.69, 9.17) is 4.74 Å². The highest BCUT2D eigenvalue weighted by Crippen LogP contribution is 2.15. The standard InChI is InChI=1S/C21H23FN2O4/c1-4-24(18-7-5-17(22)6-8-18)19(25)13-28-20(26)12-23-21(27)16-10-14(2)9-15(3)11-16/h5-11H,4,12-13H2,1-3H3,(H,23,27). The molecule has 0 saturated carbocycles. The van der Waals surface area contributed by atoms with Crippen molar-refractivity contribution in [3.63, 3.8) is 0 Å². The lowest BCUT2D eigenvalue weighted by atomic mass is 10.1. The second-order valence-electron chi connectivity index (χ2n) is 6.33. The van der Waals surface area contributed by atoms with E-state index in [2.05, 4.69) is 5.32 Å². The Labute approximate surface area is 163 Å². The highest BCUT2D eigenvalue weighted by atomic mass is 19.1. The quantitative estimate of drug-likeness (QED) is 0.743. The van der Waals surface area contributed by atoms with Gasteiger partial charge in [-0.05, 0) is 57.2 Å². The zero-order valence-corrected chi connectivity index (χ0v) is 16.1. The zero-order chi connectivity index (χ0) is 20.7. The fourth-order valence-electron chi connectivity index (χ4n) is 2.76. The van der Waals surface area contributed by atoms with E-state index in [0.717, 1.165) is 11.1 Å². The number of aryl methyl sites for hydroxylation is 2. The summed E-state index contributed by atoms with van der Waals surface area (Å²) in [5.41, 5.74) is 2.85. The molecule has 28 heavy (non-hydrogen) atoms. The molecular weight excluding hydrogens is 363 g/mol. The van der Waals surface area contributed by atoms with Crippen LogP contribution >= 0.6 is 0 Å². The number of amides is 2. The van der Waals surface area contributed by atoms with Gasteiger partial charge in [-0.2, -0.15) is 0 Å². The van der Waals surface area contributed by atoms with Crippen LogP contribution < -0.4 is 10.2 Å². The lowest BCUT2D eigenvalue weighted by Gasteiger charge is -2.20. The summed E-state index contributed by atoms with van der Waals surface area (Å²) in [4.78, 5) is 37.6. The lowest BCUT2D eigenvalue weighted by Crippen LogP contribution is -2.36. The minimum Gasteiger partial charge on any atom is -0.454 e. The molecule has 0 fully saturated rings. The molecule has 0 spiro atoms. The second kappa shape index (κ2) is 9.64. The van der Waals surface area contributed by atoms with Crippen LogP contribution in [0.3, 0.4) is 0 Å². The van der Waals surface area contributed by atoms with Crippen LogP contribution in [0.15, 0.2) is 42.5 Å². The highest BCUT2D eigenvalue weighted by Gasteiger charge is 2.17. The lowest BCUT2D eigenvalue weighted by molar-refractivity contribution is -0.146. The number of rotatable bonds is 7. The van der Waals surface area contributed by atoms with Gasteiger partial charge in [0.05, 0.1) is 0 Å². The first-order valence-corrected chi connectivity index (χ1v) is 8.88. The summed E-state index contributed by atoms with van der Waals surface area (Å²) >= 11 is 0. The van der Waals surface area contributed by atoms with Crippen LogP contribution in [-0.4, -0.2) is 37.5 Å². The summed E-state index contributed by atoms with van der Waals surface area (Å²) in [6.45, 7) is 5.04. The molecule has 0 bridgehead atoms. The van der Waals surface area contributed by atoms with E-state index in [-0.39, 0.29) is 6.54 Å². The van der Waals surface area contributed by atoms with E-state index in [9.17, 15) is 18.8 Å². The van der Waals surface area contributed by atoms with Crippen LogP contribution in [0.25, 0.3) is 0 Å². The fraction of sp³-hybridized carbons (Fsp3) is 0.286. The number of carbonyl (C=O) groups excluding carboxylic acids is 3. The predicted molar refractivity (Wildman–Crippen MR) is 104 cm³/mol. The molecule has 0 saturated heterocycles. The average molecular weight is 386 g/mol. The van der Waals surface area contributed by atoms with Crippen molar-refractivity contribution in [1.82, 2.24) is 5.32 Å². The molecule has 1 N–H and O–H groups in total. The molecule has 0 unspecified atom stereocenters. The van der Waals surface area contributed by atoms with E-state index in [1.165, 1.54) is 29.2 Å². The van der Waals surface area contributed by atoms with Crippen molar-refractivity contribution in [2.24, 2.45) is 0 Å². The Kier molecular flexibility index (Phi) is 7.26. The number of nitrogens with zero attached hydrogens (tertiary/aromatic N) is 1. The van der Waals surface area contributed by atoms with Crippen LogP contribution in [0.2, 0.25) is 0 Å². The van der Waals surface area contributed by atoms with Crippen molar-refractivity contribution in [2.45, 2.75) is 20.8 Å². The largest absolute Gasteiger partial charge is 0.454 e. The molecule has 2 rings (SSSR count). The Hall–Kier alpha value is -3.22. The molecule has 0 heterocycles. The average Bonchev–Trinajstić information content (AvgIpc) is 2.65. The molecule has 0 aliphatic rings. The smallest absolute Gasteiger partial charge is 0.325 e. The normalized spacial score (nSPS) is 10.3. The van der Waals surface area contributed by atoms with E-state index >= 15 is 0 Å². The van der Waals surface area contributed by atoms with Crippen molar-refractivity contribution < 1.29 is 23.5 Å². The van der Waals surface area contributed by atoms with Crippen molar-refractivity contribution >= 4 is 23.5 Å². The molecule has 0 aromatic heterocycles. The summed E-state index contributed by atoms with van der Waals surface area (Å²) < 4.78 is 18.0. The summed E-state index contributed by atoms with van der Waals surface area (Å²) in [6.07, 6.45) is 0. The minimum atomic E-state index is -0.721. The van der Waals surface area contributed by atoms with E-state index in [1.807, 2.05) is 19.9 Å². The summed E-state index contributed by atoms with van der Waals surface area (Å²) in [7, 11) is 0. The first-order chi connectivity index (χ1) is 13.3. The highest BCUT2D eigenvalue weighted by molar-refractivity contribution is 5.97. The van der Waals surface area contributed by atoms with Crippen LogP contribution in [0.5, 0.6) is 0 Å². The van der Waals surface area contributed by atoms with Crippen molar-refractivity contribution in [1.29, 1.82) is 0 Å². The van der Waals surface area contributed by atoms with E-state index in [0.29, 0.717) is 17.8 Å². The number of carbonyl (C=O) groups is 3. The first kappa shape index (κ1) is 21.1. The van der Waals surface area contributed by atoms with Crippen molar-refractivity contribution in [2.75, 3.05) is 24.6 Å². The Morgan fingerprint density at radius 3 is 2.21 bits per heavy atom. The predicted octanol–water partition coefficient (Wildman–Crippen LogP) is 2.77. The van der Waals surface area contributed by atoms with Gasteiger partial charge in [0.1, 0.15) is 12.4 Å². The molecule has 0 atom stereocenters. The molecule has 148 valence electrons. The van der Waals surface area contributed by atoms with Gasteiger partial charge in [-0.3, -0.25) is 14.4 Å². The van der Waals surface area contributed by atoms with Gasteiger partial charge in [-0.15, -0.1) is 0 Å². The topological polar surface area (TPSA) is 75.7 Å². The van der Waals surface area contributed by atoms with Gasteiger partial charge in [0, 0.05) is 17.8 Å². The number of halogens is 1. The SMILES string of the molecule is CCN(C(=O)COC(=O)CNC(=O)c1cc(C)cc(C)c1)c1ccc(F)cc1. The molecule has 0 radical (unpaired) electrons. The molecule has 2 amide bonds. The molecule has 0 aliphatic heterocycles. The molecular formula is C21H23FN2O4. The van der Waals surface area contributed by atoms with Gasteiger partial charge in [0.2, 0.25) is 0 Å². The molecule has 2 aromatic rings. The van der Waals surface area contributed by atoms with Gasteiger partial charge in [0.25, 0.3) is 11.8 Å². The maximum Gasteiger partial charge on any atom is 0.325 e. The third-order valence-electron chi connectivity index (χ3n) is 3.99. The maximum atomic E-state index is 13.0. The number of anilines is 1. The van der Waals surface area contributed by atoms with Crippen molar-refractivity contribution in [3.8, 4) is 0 Å². The summed E-state index contributed by atoms with van der Waals surface area (Å²) in [5.74, 6) is -1.96. The number of benzene rings is 2. The maximum absolute atomic E-state index is 13.0. The summed E-state index contributed by atoms with van der Waals surface area (Å²) in [5, 5.41) is 2.48. The Morgan fingerprint density at radius 2 is 1.64 bits per heavy atom. The van der Waals surface area contributed by atoms with Gasteiger partial charge in [-0.1, -0.05) is 17.2 Å². The zero-order valence-electron chi connectivity index (χ0n) is 16.1. The van der Waals surface area contributed by atoms with E-state index < -0.39 is 30.2 Å². The van der Waals surface area contributed by atoms with Gasteiger partial charge >= 0.3 is 5.97 Å². The minimum absolute atomic E-state index is 0.339. The third-order valence-corrected chi connectivity index (χ3v) is 3.99. The monoisotopic (exact) mass is 386 g/mol. The Balaban J connectivity index is 1.84. The number of likely N-dealkylation sites (N-methyl/N-ethyl adjacent to an activating group) is 1. The van der Waals surface area contributed by atoms with Gasteiger partial charge < -0.3 is 15.0 Å².